The summed E-state index contributed by atoms with van der Waals surface area (Å²) >= 11 is 1.00. The number of aliphatic carboxylic acids is 1. The molecular formula is C19H16N3O5S-. The van der Waals surface area contributed by atoms with Crippen LogP contribution in [0.25, 0.3) is 0 Å². The zero-order chi connectivity index (χ0) is 20.1. The van der Waals surface area contributed by atoms with Gasteiger partial charge in [-0.1, -0.05) is 11.8 Å². The highest BCUT2D eigenvalue weighted by Crippen LogP contribution is 2.34. The van der Waals surface area contributed by atoms with Crippen molar-refractivity contribution in [3.8, 4) is 11.5 Å². The number of carbonyl (C=O) groups is 2. The maximum absolute atomic E-state index is 12.6. The minimum atomic E-state index is -1.32. The first-order valence-corrected chi connectivity index (χ1v) is 9.10. The third kappa shape index (κ3) is 4.49. The van der Waals surface area contributed by atoms with Gasteiger partial charge in [-0.2, -0.15) is 5.10 Å². The number of rotatable bonds is 6. The van der Waals surface area contributed by atoms with Crippen molar-refractivity contribution in [1.29, 1.82) is 0 Å². The van der Waals surface area contributed by atoms with Crippen LogP contribution in [0.3, 0.4) is 0 Å². The van der Waals surface area contributed by atoms with Gasteiger partial charge in [0.05, 0.1) is 24.3 Å². The molecule has 1 aliphatic heterocycles. The van der Waals surface area contributed by atoms with Crippen LogP contribution in [0.5, 0.6) is 11.5 Å². The van der Waals surface area contributed by atoms with Gasteiger partial charge in [-0.05, 0) is 54.1 Å². The quantitative estimate of drug-likeness (QED) is 0.581. The molecule has 0 saturated carbocycles. The summed E-state index contributed by atoms with van der Waals surface area (Å²) in [5.74, 6) is -0.993. The number of hydrogen-bond donors (Lipinski definition) is 1. The molecule has 0 spiro atoms. The first-order chi connectivity index (χ1) is 13.5. The van der Waals surface area contributed by atoms with E-state index in [4.69, 9.17) is 4.74 Å². The average molecular weight is 398 g/mol. The van der Waals surface area contributed by atoms with Gasteiger partial charge in [-0.15, -0.1) is 5.10 Å². The number of ether oxygens (including phenoxy) is 1. The molecule has 9 heteroatoms. The molecule has 8 nitrogen and oxygen atoms in total. The second-order valence-electron chi connectivity index (χ2n) is 5.77. The minimum Gasteiger partial charge on any atom is -0.550 e. The van der Waals surface area contributed by atoms with Gasteiger partial charge >= 0.3 is 0 Å². The molecule has 1 aliphatic rings. The van der Waals surface area contributed by atoms with E-state index in [-0.39, 0.29) is 10.9 Å². The Morgan fingerprint density at radius 2 is 1.93 bits per heavy atom. The van der Waals surface area contributed by atoms with Crippen molar-refractivity contribution >= 4 is 40.7 Å². The highest BCUT2D eigenvalue weighted by atomic mass is 32.2. The molecule has 0 aliphatic carbocycles. The summed E-state index contributed by atoms with van der Waals surface area (Å²) in [6.45, 7) is 0. The van der Waals surface area contributed by atoms with Crippen molar-refractivity contribution in [2.24, 2.45) is 10.2 Å². The molecule has 1 fully saturated rings. The molecular weight excluding hydrogens is 382 g/mol. The van der Waals surface area contributed by atoms with E-state index >= 15 is 0 Å². The van der Waals surface area contributed by atoms with E-state index in [1.807, 2.05) is 0 Å². The number of benzene rings is 2. The Morgan fingerprint density at radius 3 is 2.54 bits per heavy atom. The van der Waals surface area contributed by atoms with E-state index in [2.05, 4.69) is 10.2 Å². The lowest BCUT2D eigenvalue weighted by molar-refractivity contribution is -0.305. The lowest BCUT2D eigenvalue weighted by Crippen LogP contribution is -2.35. The molecule has 0 radical (unpaired) electrons. The average Bonchev–Trinajstić information content (AvgIpc) is 2.98. The summed E-state index contributed by atoms with van der Waals surface area (Å²) in [4.78, 5) is 24.9. The minimum absolute atomic E-state index is 0.0466. The molecule has 1 heterocycles. The molecule has 0 aromatic heterocycles. The molecule has 28 heavy (non-hydrogen) atoms. The molecule has 3 rings (SSSR count). The zero-order valence-electron chi connectivity index (χ0n) is 14.8. The standard InChI is InChI=1S/C19H17N3O5S/c1-27-15-8-2-12(3-9-15)11-20-21-19-22(13-4-6-14(23)7-5-13)18(26)16(28-19)10-17(24)25/h2-9,11,16,23H,10H2,1H3,(H,24,25)/p-1/b20-11-,21-19-/t16-/m1/s1. The summed E-state index contributed by atoms with van der Waals surface area (Å²) in [5.41, 5.74) is 1.23. The number of carboxylic acid groups (broad SMARTS) is 1. The topological polar surface area (TPSA) is 115 Å². The summed E-state index contributed by atoms with van der Waals surface area (Å²) in [5, 5.41) is 27.9. The van der Waals surface area contributed by atoms with Crippen LogP contribution in [0.15, 0.2) is 58.7 Å². The van der Waals surface area contributed by atoms with Crippen LogP contribution in [-0.4, -0.2) is 40.7 Å². The number of amides is 1. The van der Waals surface area contributed by atoms with E-state index in [0.717, 1.165) is 17.3 Å². The van der Waals surface area contributed by atoms with E-state index in [9.17, 15) is 19.8 Å². The molecule has 1 amide bonds. The fourth-order valence-electron chi connectivity index (χ4n) is 2.49. The van der Waals surface area contributed by atoms with Crippen molar-refractivity contribution in [1.82, 2.24) is 0 Å². The Morgan fingerprint density at radius 1 is 1.25 bits per heavy atom. The number of amidine groups is 1. The van der Waals surface area contributed by atoms with Crippen molar-refractivity contribution in [2.45, 2.75) is 11.7 Å². The monoisotopic (exact) mass is 398 g/mol. The Hall–Kier alpha value is -3.33. The number of phenolic OH excluding ortho intramolecular Hbond substituents is 1. The van der Waals surface area contributed by atoms with Crippen molar-refractivity contribution < 1.29 is 24.5 Å². The number of anilines is 1. The van der Waals surface area contributed by atoms with E-state index in [1.54, 1.807) is 31.4 Å². The molecule has 2 aromatic rings. The van der Waals surface area contributed by atoms with Gasteiger partial charge < -0.3 is 19.7 Å². The second kappa shape index (κ2) is 8.57. The number of phenols is 1. The number of hydrogen-bond acceptors (Lipinski definition) is 8. The van der Waals surface area contributed by atoms with E-state index in [0.29, 0.717) is 11.4 Å². The van der Waals surface area contributed by atoms with Gasteiger partial charge in [0.2, 0.25) is 5.91 Å². The zero-order valence-corrected chi connectivity index (χ0v) is 15.6. The maximum atomic E-state index is 12.6. The number of nitrogens with zero attached hydrogens (tertiary/aromatic N) is 3. The Bertz CT molecular complexity index is 926. The van der Waals surface area contributed by atoms with Crippen LogP contribution in [0.2, 0.25) is 0 Å². The molecule has 0 unspecified atom stereocenters. The number of thioether (sulfide) groups is 1. The largest absolute Gasteiger partial charge is 0.550 e. The third-order valence-electron chi connectivity index (χ3n) is 3.86. The lowest BCUT2D eigenvalue weighted by Gasteiger charge is -2.16. The van der Waals surface area contributed by atoms with E-state index in [1.165, 1.54) is 35.4 Å². The summed E-state index contributed by atoms with van der Waals surface area (Å²) in [7, 11) is 1.57. The lowest BCUT2D eigenvalue weighted by atomic mass is 10.2. The number of carboxylic acids is 1. The van der Waals surface area contributed by atoms with Crippen molar-refractivity contribution in [3.05, 3.63) is 54.1 Å². The Labute approximate surface area is 165 Å². The molecule has 1 N–H and O–H groups in total. The first-order valence-electron chi connectivity index (χ1n) is 8.22. The van der Waals surface area contributed by atoms with Gasteiger partial charge in [0.15, 0.2) is 5.17 Å². The van der Waals surface area contributed by atoms with Crippen molar-refractivity contribution in [2.75, 3.05) is 12.0 Å². The molecule has 144 valence electrons. The highest BCUT2D eigenvalue weighted by molar-refractivity contribution is 8.16. The summed E-state index contributed by atoms with van der Waals surface area (Å²) in [6, 6.07) is 13.1. The summed E-state index contributed by atoms with van der Waals surface area (Å²) < 4.78 is 5.09. The number of methoxy groups -OCH3 is 1. The number of aromatic hydroxyl groups is 1. The molecule has 0 bridgehead atoms. The van der Waals surface area contributed by atoms with Crippen LogP contribution in [0, 0.1) is 0 Å². The Balaban J connectivity index is 1.86. The predicted octanol–water partition coefficient (Wildman–Crippen LogP) is 1.38. The molecule has 1 saturated heterocycles. The van der Waals surface area contributed by atoms with Crippen LogP contribution < -0.4 is 14.7 Å². The highest BCUT2D eigenvalue weighted by Gasteiger charge is 2.39. The summed E-state index contributed by atoms with van der Waals surface area (Å²) in [6.07, 6.45) is 1.08. The van der Waals surface area contributed by atoms with Gasteiger partial charge in [-0.3, -0.25) is 9.69 Å². The first kappa shape index (κ1) is 19.4. The number of carbonyl (C=O) groups excluding carboxylic acids is 2. The van der Waals surface area contributed by atoms with E-state index < -0.39 is 23.5 Å². The fourth-order valence-corrected chi connectivity index (χ4v) is 3.57. The normalized spacial score (nSPS) is 18.2. The van der Waals surface area contributed by atoms with Crippen LogP contribution in [0.1, 0.15) is 12.0 Å². The van der Waals surface area contributed by atoms with Gasteiger partial charge in [0, 0.05) is 12.4 Å². The smallest absolute Gasteiger partial charge is 0.247 e. The van der Waals surface area contributed by atoms with Gasteiger partial charge in [0.25, 0.3) is 0 Å². The third-order valence-corrected chi connectivity index (χ3v) is 4.99. The van der Waals surface area contributed by atoms with Crippen LogP contribution >= 0.6 is 11.8 Å². The SMILES string of the molecule is COc1ccc(/C=N\N=C2/S[C@H](CC(=O)[O-])C(=O)N2c2ccc(O)cc2)cc1. The second-order valence-corrected chi connectivity index (χ2v) is 6.94. The fraction of sp³-hybridized carbons (Fsp3) is 0.158. The maximum Gasteiger partial charge on any atom is 0.247 e. The van der Waals surface area contributed by atoms with Crippen molar-refractivity contribution in [3.63, 3.8) is 0 Å². The van der Waals surface area contributed by atoms with Crippen LogP contribution in [-0.2, 0) is 9.59 Å². The Kier molecular flexibility index (Phi) is 5.95. The molecule has 2 aromatic carbocycles. The van der Waals surface area contributed by atoms with Gasteiger partial charge in [0.1, 0.15) is 11.5 Å². The predicted molar refractivity (Wildman–Crippen MR) is 105 cm³/mol. The van der Waals surface area contributed by atoms with Crippen LogP contribution in [0.4, 0.5) is 5.69 Å². The molecule has 1 atom stereocenters. The van der Waals surface area contributed by atoms with Gasteiger partial charge in [-0.25, -0.2) is 0 Å².